The van der Waals surface area contributed by atoms with Crippen molar-refractivity contribution in [3.63, 3.8) is 0 Å². The molecule has 3 aromatic carbocycles. The molecule has 0 bridgehead atoms. The zero-order valence-corrected chi connectivity index (χ0v) is 21.7. The number of hydrogen-bond donors (Lipinski definition) is 0. The van der Waals surface area contributed by atoms with Crippen LogP contribution in [0.2, 0.25) is 5.02 Å². The van der Waals surface area contributed by atoms with Gasteiger partial charge in [0.05, 0.1) is 30.3 Å². The van der Waals surface area contributed by atoms with Gasteiger partial charge in [-0.2, -0.15) is 0 Å². The SMILES string of the molecule is CCCCCn1c(-c2ccc(OCc3ccc(Cl)cc3)c(OC)c2)nc2cc(C(=O)OCC)ccc21. The number of ether oxygens (including phenoxy) is 3. The maximum atomic E-state index is 12.3. The Kier molecular flexibility index (Phi) is 8.49. The van der Waals surface area contributed by atoms with Crippen LogP contribution in [0.15, 0.2) is 60.7 Å². The van der Waals surface area contributed by atoms with E-state index < -0.39 is 0 Å². The Hall–Kier alpha value is -3.51. The highest BCUT2D eigenvalue weighted by Crippen LogP contribution is 2.34. The molecule has 7 heteroatoms. The van der Waals surface area contributed by atoms with Gasteiger partial charge in [0.25, 0.3) is 0 Å². The van der Waals surface area contributed by atoms with Gasteiger partial charge in [-0.25, -0.2) is 9.78 Å². The second-order valence-electron chi connectivity index (χ2n) is 8.50. The van der Waals surface area contributed by atoms with Crippen LogP contribution in [-0.2, 0) is 17.9 Å². The highest BCUT2D eigenvalue weighted by atomic mass is 35.5. The standard InChI is InChI=1S/C29H31ClN2O4/c1-4-6-7-16-32-25-14-10-22(29(33)35-5-2)17-24(25)31-28(32)21-11-15-26(27(18-21)34-3)36-19-20-8-12-23(30)13-9-20/h8-15,17-18H,4-7,16,19H2,1-3H3. The molecule has 0 amide bonds. The number of hydrogen-bond acceptors (Lipinski definition) is 5. The zero-order chi connectivity index (χ0) is 25.5. The second-order valence-corrected chi connectivity index (χ2v) is 8.94. The van der Waals surface area contributed by atoms with E-state index in [2.05, 4.69) is 11.5 Å². The Morgan fingerprint density at radius 2 is 1.78 bits per heavy atom. The van der Waals surface area contributed by atoms with E-state index in [4.69, 9.17) is 30.8 Å². The third-order valence-electron chi connectivity index (χ3n) is 5.97. The summed E-state index contributed by atoms with van der Waals surface area (Å²) in [6.07, 6.45) is 3.29. The van der Waals surface area contributed by atoms with Gasteiger partial charge in [-0.1, -0.05) is 43.5 Å². The molecule has 0 saturated heterocycles. The Morgan fingerprint density at radius 3 is 2.50 bits per heavy atom. The first-order valence-electron chi connectivity index (χ1n) is 12.3. The molecule has 6 nitrogen and oxygen atoms in total. The lowest BCUT2D eigenvalue weighted by Gasteiger charge is -2.14. The van der Waals surface area contributed by atoms with Gasteiger partial charge in [0.15, 0.2) is 11.5 Å². The van der Waals surface area contributed by atoms with Crippen LogP contribution in [0, 0.1) is 0 Å². The predicted molar refractivity (Wildman–Crippen MR) is 143 cm³/mol. The predicted octanol–water partition coefficient (Wildman–Crippen LogP) is 7.31. The molecule has 188 valence electrons. The number of fused-ring (bicyclic) bond motifs is 1. The van der Waals surface area contributed by atoms with Crippen molar-refractivity contribution in [3.05, 3.63) is 76.8 Å². The molecular weight excluding hydrogens is 476 g/mol. The Morgan fingerprint density at radius 1 is 0.972 bits per heavy atom. The number of aryl methyl sites for hydroxylation is 1. The molecule has 0 saturated carbocycles. The maximum absolute atomic E-state index is 12.3. The summed E-state index contributed by atoms with van der Waals surface area (Å²) < 4.78 is 19.1. The van der Waals surface area contributed by atoms with Crippen molar-refractivity contribution in [3.8, 4) is 22.9 Å². The topological polar surface area (TPSA) is 62.6 Å². The maximum Gasteiger partial charge on any atom is 0.338 e. The van der Waals surface area contributed by atoms with Crippen LogP contribution in [0.3, 0.4) is 0 Å². The van der Waals surface area contributed by atoms with Gasteiger partial charge in [-0.05, 0) is 67.4 Å². The van der Waals surface area contributed by atoms with E-state index in [1.54, 1.807) is 26.2 Å². The van der Waals surface area contributed by atoms with Crippen molar-refractivity contribution in [1.82, 2.24) is 9.55 Å². The Labute approximate surface area is 216 Å². The first-order chi connectivity index (χ1) is 17.5. The summed E-state index contributed by atoms with van der Waals surface area (Å²) in [6, 6.07) is 19.0. The molecule has 0 aliphatic carbocycles. The number of halogens is 1. The molecule has 4 rings (SSSR count). The highest BCUT2D eigenvalue weighted by Gasteiger charge is 2.17. The first kappa shape index (κ1) is 25.6. The van der Waals surface area contributed by atoms with Crippen molar-refractivity contribution in [2.24, 2.45) is 0 Å². The van der Waals surface area contributed by atoms with Crippen LogP contribution < -0.4 is 9.47 Å². The summed E-state index contributed by atoms with van der Waals surface area (Å²) in [5.41, 5.74) is 4.17. The van der Waals surface area contributed by atoms with Gasteiger partial charge >= 0.3 is 5.97 Å². The van der Waals surface area contributed by atoms with Gasteiger partial charge in [-0.3, -0.25) is 0 Å². The van der Waals surface area contributed by atoms with Gasteiger partial charge in [-0.15, -0.1) is 0 Å². The zero-order valence-electron chi connectivity index (χ0n) is 20.9. The minimum atomic E-state index is -0.342. The molecular formula is C29H31ClN2O4. The fourth-order valence-electron chi connectivity index (χ4n) is 4.11. The molecule has 0 N–H and O–H groups in total. The van der Waals surface area contributed by atoms with Gasteiger partial charge in [0.2, 0.25) is 0 Å². The number of benzene rings is 3. The van der Waals surface area contributed by atoms with Crippen LogP contribution in [0.1, 0.15) is 49.0 Å². The number of rotatable bonds is 11. The number of carbonyl (C=O) groups excluding carboxylic acids is 1. The molecule has 36 heavy (non-hydrogen) atoms. The fourth-order valence-corrected chi connectivity index (χ4v) is 4.23. The molecule has 1 heterocycles. The monoisotopic (exact) mass is 506 g/mol. The quantitative estimate of drug-likeness (QED) is 0.157. The van der Waals surface area contributed by atoms with Crippen molar-refractivity contribution < 1.29 is 19.0 Å². The smallest absolute Gasteiger partial charge is 0.338 e. The number of nitrogens with zero attached hydrogens (tertiary/aromatic N) is 2. The van der Waals surface area contributed by atoms with E-state index in [0.717, 1.165) is 53.8 Å². The minimum Gasteiger partial charge on any atom is -0.493 e. The largest absolute Gasteiger partial charge is 0.493 e. The summed E-state index contributed by atoms with van der Waals surface area (Å²) in [7, 11) is 1.63. The van der Waals surface area contributed by atoms with E-state index in [0.29, 0.717) is 35.3 Å². The number of imidazole rings is 1. The molecule has 0 unspecified atom stereocenters. The number of aromatic nitrogens is 2. The summed E-state index contributed by atoms with van der Waals surface area (Å²) in [4.78, 5) is 17.2. The number of methoxy groups -OCH3 is 1. The molecule has 4 aromatic rings. The number of carbonyl (C=O) groups is 1. The Bertz CT molecular complexity index is 1330. The third-order valence-corrected chi connectivity index (χ3v) is 6.23. The van der Waals surface area contributed by atoms with Crippen LogP contribution in [0.25, 0.3) is 22.4 Å². The molecule has 0 radical (unpaired) electrons. The molecule has 0 aliphatic rings. The lowest BCUT2D eigenvalue weighted by Crippen LogP contribution is -2.04. The van der Waals surface area contributed by atoms with Crippen molar-refractivity contribution >= 4 is 28.6 Å². The number of unbranched alkanes of at least 4 members (excludes halogenated alkanes) is 2. The van der Waals surface area contributed by atoms with Gasteiger partial charge < -0.3 is 18.8 Å². The highest BCUT2D eigenvalue weighted by molar-refractivity contribution is 6.30. The third kappa shape index (κ3) is 5.82. The lowest BCUT2D eigenvalue weighted by molar-refractivity contribution is 0.0526. The van der Waals surface area contributed by atoms with Crippen LogP contribution in [-0.4, -0.2) is 29.2 Å². The average Bonchev–Trinajstić information content (AvgIpc) is 3.26. The summed E-state index contributed by atoms with van der Waals surface area (Å²) in [6.45, 7) is 5.55. The van der Waals surface area contributed by atoms with Gasteiger partial charge in [0.1, 0.15) is 12.4 Å². The molecule has 0 spiro atoms. The first-order valence-corrected chi connectivity index (χ1v) is 12.6. The van der Waals surface area contributed by atoms with E-state index in [-0.39, 0.29) is 5.97 Å². The summed E-state index contributed by atoms with van der Waals surface area (Å²) in [5, 5.41) is 0.692. The molecule has 1 aromatic heterocycles. The van der Waals surface area contributed by atoms with Crippen molar-refractivity contribution in [2.45, 2.75) is 46.3 Å². The van der Waals surface area contributed by atoms with E-state index in [1.165, 1.54) is 0 Å². The normalized spacial score (nSPS) is 11.0. The fraction of sp³-hybridized carbons (Fsp3) is 0.310. The summed E-state index contributed by atoms with van der Waals surface area (Å²) in [5.74, 6) is 1.75. The van der Waals surface area contributed by atoms with E-state index in [1.807, 2.05) is 48.5 Å². The summed E-state index contributed by atoms with van der Waals surface area (Å²) >= 11 is 5.98. The molecule has 0 fully saturated rings. The van der Waals surface area contributed by atoms with Crippen molar-refractivity contribution in [2.75, 3.05) is 13.7 Å². The number of esters is 1. The van der Waals surface area contributed by atoms with Crippen LogP contribution in [0.5, 0.6) is 11.5 Å². The van der Waals surface area contributed by atoms with Crippen LogP contribution in [0.4, 0.5) is 0 Å². The molecule has 0 aliphatic heterocycles. The minimum absolute atomic E-state index is 0.333. The van der Waals surface area contributed by atoms with E-state index >= 15 is 0 Å². The van der Waals surface area contributed by atoms with Crippen LogP contribution >= 0.6 is 11.6 Å². The Balaban J connectivity index is 1.67. The van der Waals surface area contributed by atoms with E-state index in [9.17, 15) is 4.79 Å². The van der Waals surface area contributed by atoms with Gasteiger partial charge in [0, 0.05) is 17.1 Å². The second kappa shape index (κ2) is 12.0. The van der Waals surface area contributed by atoms with Crippen molar-refractivity contribution in [1.29, 1.82) is 0 Å². The molecule has 0 atom stereocenters. The average molecular weight is 507 g/mol. The lowest BCUT2D eigenvalue weighted by atomic mass is 10.1.